The minimum absolute atomic E-state index is 0.268. The van der Waals surface area contributed by atoms with Gasteiger partial charge >= 0.3 is 0 Å². The molecule has 4 heteroatoms. The Morgan fingerprint density at radius 3 is 2.81 bits per heavy atom. The van der Waals surface area contributed by atoms with E-state index >= 15 is 0 Å². The first-order chi connectivity index (χ1) is 10.2. The van der Waals surface area contributed by atoms with E-state index in [1.54, 1.807) is 6.20 Å². The second-order valence-corrected chi connectivity index (χ2v) is 5.93. The maximum atomic E-state index is 5.76. The van der Waals surface area contributed by atoms with Gasteiger partial charge in [-0.05, 0) is 49.7 Å². The minimum Gasteiger partial charge on any atom is -0.487 e. The van der Waals surface area contributed by atoms with Crippen LogP contribution in [0.15, 0.2) is 47.1 Å². The number of pyridine rings is 1. The molecule has 0 aliphatic heterocycles. The van der Waals surface area contributed by atoms with Gasteiger partial charge in [-0.3, -0.25) is 4.98 Å². The first-order valence-corrected chi connectivity index (χ1v) is 8.05. The minimum atomic E-state index is 0.268. The summed E-state index contributed by atoms with van der Waals surface area (Å²) in [5.41, 5.74) is 2.17. The van der Waals surface area contributed by atoms with Gasteiger partial charge in [0, 0.05) is 10.5 Å². The van der Waals surface area contributed by atoms with E-state index in [1.807, 2.05) is 30.3 Å². The second kappa shape index (κ2) is 8.15. The van der Waals surface area contributed by atoms with Gasteiger partial charge in [0.1, 0.15) is 12.4 Å². The molecule has 112 valence electrons. The van der Waals surface area contributed by atoms with E-state index in [0.717, 1.165) is 34.4 Å². The van der Waals surface area contributed by atoms with E-state index < -0.39 is 0 Å². The van der Waals surface area contributed by atoms with Crippen LogP contribution in [0, 0.1) is 0 Å². The Kier molecular flexibility index (Phi) is 6.21. The summed E-state index contributed by atoms with van der Waals surface area (Å²) in [5.74, 6) is 0.793. The van der Waals surface area contributed by atoms with Gasteiger partial charge in [-0.25, -0.2) is 0 Å². The molecule has 1 atom stereocenters. The highest BCUT2D eigenvalue weighted by atomic mass is 79.9. The maximum absolute atomic E-state index is 5.76. The lowest BCUT2D eigenvalue weighted by Crippen LogP contribution is -2.20. The molecule has 2 aromatic rings. The van der Waals surface area contributed by atoms with Crippen LogP contribution < -0.4 is 10.1 Å². The van der Waals surface area contributed by atoms with E-state index in [2.05, 4.69) is 46.1 Å². The van der Waals surface area contributed by atoms with E-state index in [9.17, 15) is 0 Å². The zero-order valence-corrected chi connectivity index (χ0v) is 14.1. The molecule has 1 aromatic carbocycles. The number of aromatic nitrogens is 1. The summed E-state index contributed by atoms with van der Waals surface area (Å²) in [6, 6.07) is 12.4. The van der Waals surface area contributed by atoms with E-state index in [-0.39, 0.29) is 6.04 Å². The van der Waals surface area contributed by atoms with E-state index in [4.69, 9.17) is 4.74 Å². The molecular formula is C17H21BrN2O. The zero-order valence-electron chi connectivity index (χ0n) is 12.5. The van der Waals surface area contributed by atoms with Crippen LogP contribution in [0.25, 0.3) is 0 Å². The van der Waals surface area contributed by atoms with Crippen LogP contribution in [0.1, 0.15) is 37.6 Å². The normalized spacial score (nSPS) is 12.1. The monoisotopic (exact) mass is 348 g/mol. The molecule has 1 aromatic heterocycles. The lowest BCUT2D eigenvalue weighted by Gasteiger charge is -2.13. The van der Waals surface area contributed by atoms with Crippen molar-refractivity contribution in [2.24, 2.45) is 0 Å². The molecule has 0 saturated heterocycles. The van der Waals surface area contributed by atoms with Gasteiger partial charge in [-0.2, -0.15) is 0 Å². The maximum Gasteiger partial charge on any atom is 0.138 e. The number of nitrogens with one attached hydrogen (secondary N) is 1. The molecule has 0 amide bonds. The van der Waals surface area contributed by atoms with Crippen LogP contribution in [0.2, 0.25) is 0 Å². The van der Waals surface area contributed by atoms with Crippen LogP contribution in [-0.4, -0.2) is 11.5 Å². The van der Waals surface area contributed by atoms with Gasteiger partial charge in [0.05, 0.1) is 11.9 Å². The number of halogens is 1. The van der Waals surface area contributed by atoms with Gasteiger partial charge in [-0.1, -0.05) is 35.0 Å². The third-order valence-corrected chi connectivity index (χ3v) is 3.69. The molecule has 1 N–H and O–H groups in total. The molecule has 0 aliphatic rings. The average Bonchev–Trinajstić information content (AvgIpc) is 2.51. The topological polar surface area (TPSA) is 34.1 Å². The number of ether oxygens (including phenoxy) is 1. The van der Waals surface area contributed by atoms with Crippen molar-refractivity contribution in [3.8, 4) is 5.75 Å². The first-order valence-electron chi connectivity index (χ1n) is 7.25. The van der Waals surface area contributed by atoms with Crippen molar-refractivity contribution in [2.75, 3.05) is 6.54 Å². The quantitative estimate of drug-likeness (QED) is 0.800. The van der Waals surface area contributed by atoms with Crippen LogP contribution >= 0.6 is 15.9 Å². The number of rotatable bonds is 7. The second-order valence-electron chi connectivity index (χ2n) is 5.01. The number of hydrogen-bond donors (Lipinski definition) is 1. The lowest BCUT2D eigenvalue weighted by molar-refractivity contribution is 0.304. The Hall–Kier alpha value is -1.39. The van der Waals surface area contributed by atoms with Gasteiger partial charge < -0.3 is 10.1 Å². The van der Waals surface area contributed by atoms with E-state index in [1.165, 1.54) is 0 Å². The Morgan fingerprint density at radius 2 is 2.14 bits per heavy atom. The predicted octanol–water partition coefficient (Wildman–Crippen LogP) is 4.48. The highest BCUT2D eigenvalue weighted by Crippen LogP contribution is 2.17. The molecule has 21 heavy (non-hydrogen) atoms. The standard InChI is InChI=1S/C17H21BrN2O/c1-3-9-19-13(2)17-8-7-16(11-20-17)21-12-14-5-4-6-15(18)10-14/h4-8,10-11,13,19H,3,9,12H2,1-2H3. The third kappa shape index (κ3) is 5.14. The Bertz CT molecular complexity index is 557. The first kappa shape index (κ1) is 16.0. The Balaban J connectivity index is 1.90. The molecule has 0 bridgehead atoms. The van der Waals surface area contributed by atoms with Crippen LogP contribution in [0.5, 0.6) is 5.75 Å². The molecule has 1 unspecified atom stereocenters. The van der Waals surface area contributed by atoms with E-state index in [0.29, 0.717) is 6.61 Å². The van der Waals surface area contributed by atoms with Crippen molar-refractivity contribution in [3.63, 3.8) is 0 Å². The van der Waals surface area contributed by atoms with Crippen LogP contribution in [0.3, 0.4) is 0 Å². The zero-order chi connectivity index (χ0) is 15.1. The summed E-state index contributed by atoms with van der Waals surface area (Å²) in [6.45, 7) is 5.83. The van der Waals surface area contributed by atoms with Crippen molar-refractivity contribution in [1.29, 1.82) is 0 Å². The van der Waals surface area contributed by atoms with Crippen molar-refractivity contribution in [1.82, 2.24) is 10.3 Å². The number of hydrogen-bond acceptors (Lipinski definition) is 3. The summed E-state index contributed by atoms with van der Waals surface area (Å²) in [6.07, 6.45) is 2.91. The summed E-state index contributed by atoms with van der Waals surface area (Å²) in [7, 11) is 0. The Morgan fingerprint density at radius 1 is 1.29 bits per heavy atom. The highest BCUT2D eigenvalue weighted by Gasteiger charge is 2.05. The summed E-state index contributed by atoms with van der Waals surface area (Å²) >= 11 is 3.46. The van der Waals surface area contributed by atoms with Crippen LogP contribution in [-0.2, 0) is 6.61 Å². The molecule has 0 radical (unpaired) electrons. The molecule has 0 aliphatic carbocycles. The number of nitrogens with zero attached hydrogens (tertiary/aromatic N) is 1. The molecule has 3 nitrogen and oxygen atoms in total. The molecule has 0 fully saturated rings. The third-order valence-electron chi connectivity index (χ3n) is 3.20. The smallest absolute Gasteiger partial charge is 0.138 e. The molecular weight excluding hydrogens is 328 g/mol. The molecule has 1 heterocycles. The summed E-state index contributed by atoms with van der Waals surface area (Å²) < 4.78 is 6.82. The highest BCUT2D eigenvalue weighted by molar-refractivity contribution is 9.10. The molecule has 0 saturated carbocycles. The van der Waals surface area contributed by atoms with Gasteiger partial charge in [0.15, 0.2) is 0 Å². The molecule has 2 rings (SSSR count). The largest absolute Gasteiger partial charge is 0.487 e. The van der Waals surface area contributed by atoms with Crippen molar-refractivity contribution >= 4 is 15.9 Å². The number of benzene rings is 1. The van der Waals surface area contributed by atoms with Crippen LogP contribution in [0.4, 0.5) is 0 Å². The Labute approximate surface area is 134 Å². The fourth-order valence-electron chi connectivity index (χ4n) is 1.99. The van der Waals surface area contributed by atoms with Crippen molar-refractivity contribution in [3.05, 3.63) is 58.3 Å². The van der Waals surface area contributed by atoms with Crippen molar-refractivity contribution in [2.45, 2.75) is 32.9 Å². The van der Waals surface area contributed by atoms with Crippen molar-refractivity contribution < 1.29 is 4.74 Å². The fraction of sp³-hybridized carbons (Fsp3) is 0.353. The predicted molar refractivity (Wildman–Crippen MR) is 89.4 cm³/mol. The fourth-order valence-corrected chi connectivity index (χ4v) is 2.44. The van der Waals surface area contributed by atoms with Gasteiger partial charge in [0.2, 0.25) is 0 Å². The summed E-state index contributed by atoms with van der Waals surface area (Å²) in [5, 5.41) is 3.42. The van der Waals surface area contributed by atoms with Gasteiger partial charge in [0.25, 0.3) is 0 Å². The SMILES string of the molecule is CCCNC(C)c1ccc(OCc2cccc(Br)c2)cn1. The summed E-state index contributed by atoms with van der Waals surface area (Å²) in [4.78, 5) is 4.46. The molecule has 0 spiro atoms. The lowest BCUT2D eigenvalue weighted by atomic mass is 10.2. The van der Waals surface area contributed by atoms with Gasteiger partial charge in [-0.15, -0.1) is 0 Å². The average molecular weight is 349 g/mol.